The van der Waals surface area contributed by atoms with Crippen LogP contribution in [0.4, 0.5) is 5.69 Å². The predicted octanol–water partition coefficient (Wildman–Crippen LogP) is 6.01. The second kappa shape index (κ2) is 8.78. The van der Waals surface area contributed by atoms with Crippen molar-refractivity contribution in [2.75, 3.05) is 5.32 Å². The first-order chi connectivity index (χ1) is 16.0. The van der Waals surface area contributed by atoms with Gasteiger partial charge in [-0.1, -0.05) is 65.7 Å². The highest BCUT2D eigenvalue weighted by Crippen LogP contribution is 2.26. The number of nitrogens with one attached hydrogen (secondary N) is 2. The van der Waals surface area contributed by atoms with Crippen LogP contribution in [0.25, 0.3) is 27.5 Å². The summed E-state index contributed by atoms with van der Waals surface area (Å²) in [6, 6.07) is 24.4. The molecule has 0 atom stereocenters. The number of carbonyl (C=O) groups is 1. The third kappa shape index (κ3) is 4.26. The van der Waals surface area contributed by atoms with Crippen molar-refractivity contribution >= 4 is 73.9 Å². The molecular weight excluding hydrogens is 477 g/mol. The summed E-state index contributed by atoms with van der Waals surface area (Å²) < 4.78 is 0. The van der Waals surface area contributed by atoms with Crippen molar-refractivity contribution < 1.29 is 4.79 Å². The molecule has 0 bridgehead atoms. The first-order valence-electron chi connectivity index (χ1n) is 9.91. The van der Waals surface area contributed by atoms with Crippen LogP contribution in [-0.2, 0) is 0 Å². The number of benzene rings is 4. The van der Waals surface area contributed by atoms with Gasteiger partial charge in [-0.2, -0.15) is 0 Å². The molecule has 1 amide bonds. The number of aromatic nitrogens is 3. The molecule has 2 N–H and O–H groups in total. The highest BCUT2D eigenvalue weighted by molar-refractivity contribution is 7.80. The van der Waals surface area contributed by atoms with E-state index in [9.17, 15) is 4.79 Å². The van der Waals surface area contributed by atoms with Gasteiger partial charge in [0.15, 0.2) is 5.11 Å². The van der Waals surface area contributed by atoms with Crippen molar-refractivity contribution in [2.45, 2.75) is 0 Å². The van der Waals surface area contributed by atoms with Gasteiger partial charge in [-0.3, -0.25) is 10.1 Å². The molecule has 0 radical (unpaired) electrons. The van der Waals surface area contributed by atoms with Crippen LogP contribution in [0.1, 0.15) is 10.4 Å². The highest BCUT2D eigenvalue weighted by Gasteiger charge is 2.14. The average Bonchev–Trinajstić information content (AvgIpc) is 3.23. The van der Waals surface area contributed by atoms with Crippen molar-refractivity contribution in [3.8, 4) is 5.69 Å². The Morgan fingerprint density at radius 3 is 2.52 bits per heavy atom. The molecule has 0 saturated heterocycles. The molecule has 0 aliphatic rings. The summed E-state index contributed by atoms with van der Waals surface area (Å²) in [4.78, 5) is 14.1. The van der Waals surface area contributed by atoms with Gasteiger partial charge in [0.05, 0.1) is 21.3 Å². The van der Waals surface area contributed by atoms with Gasteiger partial charge in [0.2, 0.25) is 0 Å². The zero-order valence-electron chi connectivity index (χ0n) is 16.9. The summed E-state index contributed by atoms with van der Waals surface area (Å²) >= 11 is 17.4. The summed E-state index contributed by atoms with van der Waals surface area (Å²) in [6.07, 6.45) is 0. The summed E-state index contributed by atoms with van der Waals surface area (Å²) in [5.41, 5.74) is 3.20. The number of amides is 1. The molecule has 0 saturated carbocycles. The van der Waals surface area contributed by atoms with Gasteiger partial charge in [0.25, 0.3) is 5.91 Å². The minimum atomic E-state index is -0.456. The average molecular weight is 492 g/mol. The van der Waals surface area contributed by atoms with Gasteiger partial charge < -0.3 is 5.32 Å². The molecule has 6 nitrogen and oxygen atoms in total. The van der Waals surface area contributed by atoms with Gasteiger partial charge in [0, 0.05) is 11.1 Å². The lowest BCUT2D eigenvalue weighted by Gasteiger charge is -2.10. The van der Waals surface area contributed by atoms with Crippen molar-refractivity contribution in [3.05, 3.63) is 94.5 Å². The Kier molecular flexibility index (Phi) is 5.68. The topological polar surface area (TPSA) is 71.8 Å². The maximum Gasteiger partial charge on any atom is 0.258 e. The SMILES string of the molecule is O=C(NC(=S)Nc1ccc2nn(-c3cccc4ccccc34)nc2c1)c1cccc(Cl)c1Cl. The molecule has 4 aromatic carbocycles. The van der Waals surface area contributed by atoms with Gasteiger partial charge in [-0.25, -0.2) is 0 Å². The van der Waals surface area contributed by atoms with Gasteiger partial charge in [-0.15, -0.1) is 15.0 Å². The molecule has 0 aliphatic heterocycles. The van der Waals surface area contributed by atoms with Crippen LogP contribution in [-0.4, -0.2) is 26.0 Å². The van der Waals surface area contributed by atoms with Crippen LogP contribution >= 0.6 is 35.4 Å². The molecule has 0 fully saturated rings. The minimum Gasteiger partial charge on any atom is -0.332 e. The molecule has 9 heteroatoms. The lowest BCUT2D eigenvalue weighted by molar-refractivity contribution is 0.0978. The Morgan fingerprint density at radius 1 is 0.879 bits per heavy atom. The minimum absolute atomic E-state index is 0.122. The fourth-order valence-corrected chi connectivity index (χ4v) is 4.09. The van der Waals surface area contributed by atoms with Crippen LogP contribution in [0.3, 0.4) is 0 Å². The fraction of sp³-hybridized carbons (Fsp3) is 0. The van der Waals surface area contributed by atoms with Crippen LogP contribution in [0, 0.1) is 0 Å². The van der Waals surface area contributed by atoms with Crippen LogP contribution in [0.2, 0.25) is 10.0 Å². The van der Waals surface area contributed by atoms with E-state index in [1.807, 2.05) is 48.5 Å². The molecule has 1 heterocycles. The number of anilines is 1. The number of nitrogens with zero attached hydrogens (tertiary/aromatic N) is 3. The molecule has 5 aromatic rings. The number of carbonyl (C=O) groups excluding carboxylic acids is 1. The van der Waals surface area contributed by atoms with Gasteiger partial charge in [-0.05, 0) is 54.0 Å². The van der Waals surface area contributed by atoms with Crippen molar-refractivity contribution in [1.82, 2.24) is 20.3 Å². The quantitative estimate of drug-likeness (QED) is 0.302. The van der Waals surface area contributed by atoms with E-state index < -0.39 is 5.91 Å². The third-order valence-corrected chi connectivity index (χ3v) is 6.07. The van der Waals surface area contributed by atoms with E-state index in [0.717, 1.165) is 22.0 Å². The molecule has 162 valence electrons. The lowest BCUT2D eigenvalue weighted by Crippen LogP contribution is -2.34. The van der Waals surface area contributed by atoms with Gasteiger partial charge >= 0.3 is 0 Å². The van der Waals surface area contributed by atoms with Crippen molar-refractivity contribution in [3.63, 3.8) is 0 Å². The van der Waals surface area contributed by atoms with Crippen LogP contribution < -0.4 is 10.6 Å². The smallest absolute Gasteiger partial charge is 0.258 e. The Hall–Kier alpha value is -3.52. The number of fused-ring (bicyclic) bond motifs is 2. The van der Waals surface area contributed by atoms with E-state index in [2.05, 4.69) is 33.0 Å². The zero-order valence-corrected chi connectivity index (χ0v) is 19.2. The van der Waals surface area contributed by atoms with Crippen molar-refractivity contribution in [2.24, 2.45) is 0 Å². The van der Waals surface area contributed by atoms with Crippen molar-refractivity contribution in [1.29, 1.82) is 0 Å². The first kappa shape index (κ1) is 21.3. The first-order valence-corrected chi connectivity index (χ1v) is 11.1. The maximum atomic E-state index is 12.5. The van der Waals surface area contributed by atoms with E-state index in [-0.39, 0.29) is 15.7 Å². The summed E-state index contributed by atoms with van der Waals surface area (Å²) in [5.74, 6) is -0.456. The summed E-state index contributed by atoms with van der Waals surface area (Å²) in [7, 11) is 0. The maximum absolute atomic E-state index is 12.5. The second-order valence-electron chi connectivity index (χ2n) is 7.20. The standard InChI is InChI=1S/C24H15Cl2N5OS/c25-18-9-4-8-17(22(18)26)23(32)28-24(33)27-15-11-12-19-20(13-15)30-31(29-19)21-10-3-6-14-5-1-2-7-16(14)21/h1-13H,(H2,27,28,32,33). The summed E-state index contributed by atoms with van der Waals surface area (Å²) in [5, 5.41) is 17.6. The zero-order chi connectivity index (χ0) is 22.9. The molecule has 0 unspecified atom stereocenters. The number of rotatable bonds is 3. The normalized spacial score (nSPS) is 11.0. The summed E-state index contributed by atoms with van der Waals surface area (Å²) in [6.45, 7) is 0. The monoisotopic (exact) mass is 491 g/mol. The van der Waals surface area contributed by atoms with Crippen LogP contribution in [0.5, 0.6) is 0 Å². The fourth-order valence-electron chi connectivity index (χ4n) is 3.49. The Labute approximate surface area is 204 Å². The largest absolute Gasteiger partial charge is 0.332 e. The Balaban J connectivity index is 1.37. The van der Waals surface area contributed by atoms with E-state index in [1.54, 1.807) is 23.0 Å². The van der Waals surface area contributed by atoms with Gasteiger partial charge in [0.1, 0.15) is 11.0 Å². The van der Waals surface area contributed by atoms with Crippen LogP contribution in [0.15, 0.2) is 78.9 Å². The lowest BCUT2D eigenvalue weighted by atomic mass is 10.1. The Bertz CT molecular complexity index is 1540. The highest BCUT2D eigenvalue weighted by atomic mass is 35.5. The number of halogens is 2. The third-order valence-electron chi connectivity index (χ3n) is 5.04. The van der Waals surface area contributed by atoms with E-state index >= 15 is 0 Å². The molecule has 33 heavy (non-hydrogen) atoms. The molecule has 0 spiro atoms. The van der Waals surface area contributed by atoms with E-state index in [4.69, 9.17) is 35.4 Å². The molecule has 0 aliphatic carbocycles. The molecular formula is C24H15Cl2N5OS. The van der Waals surface area contributed by atoms with E-state index in [0.29, 0.717) is 16.2 Å². The Morgan fingerprint density at radius 2 is 1.64 bits per heavy atom. The van der Waals surface area contributed by atoms with E-state index in [1.165, 1.54) is 0 Å². The second-order valence-corrected chi connectivity index (χ2v) is 8.39. The number of hydrogen-bond donors (Lipinski definition) is 2. The number of thiocarbonyl (C=S) groups is 1. The predicted molar refractivity (Wildman–Crippen MR) is 137 cm³/mol. The molecule has 5 rings (SSSR count). The number of hydrogen-bond acceptors (Lipinski definition) is 4. The molecule has 1 aromatic heterocycles.